The van der Waals surface area contributed by atoms with E-state index in [9.17, 15) is 4.79 Å². The van der Waals surface area contributed by atoms with Crippen LogP contribution in [0.25, 0.3) is 0 Å². The number of nitrogens with one attached hydrogen (secondary N) is 1. The Kier molecular flexibility index (Phi) is 4.38. The number of aryl methyl sites for hydroxylation is 2. The lowest BCUT2D eigenvalue weighted by atomic mass is 9.93. The SMILES string of the molecule is C[C@@H](C(=O)Nc1ccc(C#N)cc1)[n+]1ccc2c(c1)CCCC2. The van der Waals surface area contributed by atoms with Crippen molar-refractivity contribution in [1.82, 2.24) is 0 Å². The van der Waals surface area contributed by atoms with Crippen molar-refractivity contribution in [2.75, 3.05) is 5.32 Å². The Bertz CT molecular complexity index is 759. The summed E-state index contributed by atoms with van der Waals surface area (Å²) in [5, 5.41) is 11.7. The molecule has 0 spiro atoms. The van der Waals surface area contributed by atoms with E-state index in [-0.39, 0.29) is 11.9 Å². The molecule has 1 N–H and O–H groups in total. The smallest absolute Gasteiger partial charge is 0.293 e. The number of pyridine rings is 1. The number of hydrogen-bond acceptors (Lipinski definition) is 2. The Morgan fingerprint density at radius 2 is 1.87 bits per heavy atom. The molecule has 1 aromatic carbocycles. The molecule has 0 unspecified atom stereocenters. The summed E-state index contributed by atoms with van der Waals surface area (Å²) < 4.78 is 1.98. The number of carbonyl (C=O) groups is 1. The number of benzene rings is 1. The third-order valence-electron chi connectivity index (χ3n) is 4.42. The lowest BCUT2D eigenvalue weighted by Gasteiger charge is -2.15. The van der Waals surface area contributed by atoms with Gasteiger partial charge in [-0.2, -0.15) is 9.83 Å². The van der Waals surface area contributed by atoms with E-state index >= 15 is 0 Å². The predicted octanol–water partition coefficient (Wildman–Crippen LogP) is 2.92. The van der Waals surface area contributed by atoms with Crippen molar-refractivity contribution in [2.24, 2.45) is 0 Å². The van der Waals surface area contributed by atoms with Crippen molar-refractivity contribution in [1.29, 1.82) is 5.26 Å². The van der Waals surface area contributed by atoms with Crippen LogP contribution in [0.1, 0.15) is 42.5 Å². The average molecular weight is 306 g/mol. The molecule has 1 aliphatic carbocycles. The van der Waals surface area contributed by atoms with Crippen molar-refractivity contribution in [3.8, 4) is 6.07 Å². The minimum absolute atomic E-state index is 0.0598. The molecular formula is C19H20N3O+. The highest BCUT2D eigenvalue weighted by molar-refractivity contribution is 5.92. The zero-order valence-electron chi connectivity index (χ0n) is 13.2. The van der Waals surface area contributed by atoms with E-state index in [1.807, 2.05) is 17.7 Å². The van der Waals surface area contributed by atoms with Gasteiger partial charge in [0.15, 0.2) is 12.4 Å². The van der Waals surface area contributed by atoms with Gasteiger partial charge in [0.2, 0.25) is 6.04 Å². The van der Waals surface area contributed by atoms with Crippen molar-refractivity contribution < 1.29 is 9.36 Å². The number of fused-ring (bicyclic) bond motifs is 1. The fourth-order valence-corrected chi connectivity index (χ4v) is 2.94. The summed E-state index contributed by atoms with van der Waals surface area (Å²) in [6.07, 6.45) is 8.82. The summed E-state index contributed by atoms with van der Waals surface area (Å²) in [5.41, 5.74) is 4.06. The molecule has 0 saturated heterocycles. The van der Waals surface area contributed by atoms with E-state index in [4.69, 9.17) is 5.26 Å². The first-order chi connectivity index (χ1) is 11.2. The second kappa shape index (κ2) is 6.62. The van der Waals surface area contributed by atoms with Gasteiger partial charge in [0.05, 0.1) is 11.6 Å². The third kappa shape index (κ3) is 3.40. The quantitative estimate of drug-likeness (QED) is 0.886. The molecule has 2 aromatic rings. The van der Waals surface area contributed by atoms with E-state index in [1.54, 1.807) is 24.3 Å². The number of hydrogen-bond donors (Lipinski definition) is 1. The van der Waals surface area contributed by atoms with Gasteiger partial charge in [-0.3, -0.25) is 4.79 Å². The maximum Gasteiger partial charge on any atom is 0.293 e. The van der Waals surface area contributed by atoms with Crippen LogP contribution in [-0.4, -0.2) is 5.91 Å². The molecule has 0 radical (unpaired) electrons. The molecule has 3 rings (SSSR count). The second-order valence-electron chi connectivity index (χ2n) is 6.00. The minimum Gasteiger partial charge on any atom is -0.320 e. The number of rotatable bonds is 3. The van der Waals surface area contributed by atoms with E-state index in [2.05, 4.69) is 23.6 Å². The fourth-order valence-electron chi connectivity index (χ4n) is 2.94. The van der Waals surface area contributed by atoms with E-state index in [1.165, 1.54) is 24.0 Å². The van der Waals surface area contributed by atoms with Crippen LogP contribution < -0.4 is 9.88 Å². The third-order valence-corrected chi connectivity index (χ3v) is 4.42. The number of carbonyl (C=O) groups excluding carboxylic acids is 1. The van der Waals surface area contributed by atoms with Gasteiger partial charge in [0.1, 0.15) is 0 Å². The number of anilines is 1. The monoisotopic (exact) mass is 306 g/mol. The largest absolute Gasteiger partial charge is 0.320 e. The van der Waals surface area contributed by atoms with Crippen LogP contribution in [0, 0.1) is 11.3 Å². The molecule has 1 aromatic heterocycles. The van der Waals surface area contributed by atoms with Gasteiger partial charge in [-0.15, -0.1) is 0 Å². The summed E-state index contributed by atoms with van der Waals surface area (Å²) in [5.74, 6) is -0.0598. The molecule has 23 heavy (non-hydrogen) atoms. The van der Waals surface area contributed by atoms with Crippen LogP contribution >= 0.6 is 0 Å². The Morgan fingerprint density at radius 3 is 2.57 bits per heavy atom. The molecule has 0 fully saturated rings. The highest BCUT2D eigenvalue weighted by Crippen LogP contribution is 2.19. The summed E-state index contributed by atoms with van der Waals surface area (Å²) in [6.45, 7) is 1.90. The maximum absolute atomic E-state index is 12.4. The lowest BCUT2D eigenvalue weighted by Crippen LogP contribution is -2.44. The van der Waals surface area contributed by atoms with Gasteiger partial charge < -0.3 is 5.32 Å². The molecule has 1 atom stereocenters. The fraction of sp³-hybridized carbons (Fsp3) is 0.316. The van der Waals surface area contributed by atoms with E-state index in [0.29, 0.717) is 11.3 Å². The van der Waals surface area contributed by atoms with Gasteiger partial charge in [-0.1, -0.05) is 0 Å². The minimum atomic E-state index is -0.280. The van der Waals surface area contributed by atoms with Crippen molar-refractivity contribution in [3.63, 3.8) is 0 Å². The average Bonchev–Trinajstić information content (AvgIpc) is 2.61. The first-order valence-corrected chi connectivity index (χ1v) is 8.01. The molecule has 116 valence electrons. The van der Waals surface area contributed by atoms with Gasteiger partial charge in [0.25, 0.3) is 5.91 Å². The second-order valence-corrected chi connectivity index (χ2v) is 6.00. The number of amides is 1. The van der Waals surface area contributed by atoms with Gasteiger partial charge in [-0.05, 0) is 55.5 Å². The number of nitrogens with zero attached hydrogens (tertiary/aromatic N) is 2. The molecule has 1 aliphatic rings. The van der Waals surface area contributed by atoms with Crippen LogP contribution in [0.5, 0.6) is 0 Å². The van der Waals surface area contributed by atoms with Crippen LogP contribution in [0.2, 0.25) is 0 Å². The Morgan fingerprint density at radius 1 is 1.17 bits per heavy atom. The topological polar surface area (TPSA) is 56.8 Å². The summed E-state index contributed by atoms with van der Waals surface area (Å²) in [4.78, 5) is 12.4. The van der Waals surface area contributed by atoms with E-state index in [0.717, 1.165) is 12.8 Å². The molecule has 4 heteroatoms. The standard InChI is InChI=1S/C19H19N3O/c1-14(19(23)21-18-8-6-15(12-20)7-9-18)22-11-10-16-4-2-3-5-17(16)13-22/h6-11,13-14H,2-5H2,1H3/p+1/t14-/m0/s1. The van der Waals surface area contributed by atoms with Gasteiger partial charge in [-0.25, -0.2) is 0 Å². The summed E-state index contributed by atoms with van der Waals surface area (Å²) in [6, 6.07) is 10.8. The molecule has 1 amide bonds. The molecule has 0 bridgehead atoms. The van der Waals surface area contributed by atoms with Crippen molar-refractivity contribution in [3.05, 3.63) is 59.4 Å². The van der Waals surface area contributed by atoms with Crippen LogP contribution in [0.4, 0.5) is 5.69 Å². The Labute approximate surface area is 136 Å². The van der Waals surface area contributed by atoms with Crippen molar-refractivity contribution in [2.45, 2.75) is 38.6 Å². The Hall–Kier alpha value is -2.67. The summed E-state index contributed by atoms with van der Waals surface area (Å²) in [7, 11) is 0. The zero-order valence-corrected chi connectivity index (χ0v) is 13.2. The summed E-state index contributed by atoms with van der Waals surface area (Å²) >= 11 is 0. The highest BCUT2D eigenvalue weighted by Gasteiger charge is 2.24. The molecule has 0 aliphatic heterocycles. The molecular weight excluding hydrogens is 286 g/mol. The Balaban J connectivity index is 1.72. The van der Waals surface area contributed by atoms with Gasteiger partial charge >= 0.3 is 0 Å². The normalized spacial score (nSPS) is 14.4. The highest BCUT2D eigenvalue weighted by atomic mass is 16.2. The first-order valence-electron chi connectivity index (χ1n) is 8.01. The van der Waals surface area contributed by atoms with E-state index < -0.39 is 0 Å². The molecule has 1 heterocycles. The van der Waals surface area contributed by atoms with Crippen LogP contribution in [0.15, 0.2) is 42.7 Å². The van der Waals surface area contributed by atoms with Crippen LogP contribution in [0.3, 0.4) is 0 Å². The molecule has 0 saturated carbocycles. The van der Waals surface area contributed by atoms with Gasteiger partial charge in [0, 0.05) is 24.2 Å². The lowest BCUT2D eigenvalue weighted by molar-refractivity contribution is -0.706. The molecule has 4 nitrogen and oxygen atoms in total. The number of nitriles is 1. The number of aromatic nitrogens is 1. The maximum atomic E-state index is 12.4. The van der Waals surface area contributed by atoms with Crippen molar-refractivity contribution >= 4 is 11.6 Å². The zero-order chi connectivity index (χ0) is 16.2. The van der Waals surface area contributed by atoms with Crippen LogP contribution in [-0.2, 0) is 17.6 Å². The predicted molar refractivity (Wildman–Crippen MR) is 87.8 cm³/mol. The first kappa shape index (κ1) is 15.2.